The lowest BCUT2D eigenvalue weighted by atomic mass is 9.74. The van der Waals surface area contributed by atoms with Crippen LogP contribution in [-0.4, -0.2) is 12.7 Å². The molecule has 0 heterocycles. The first-order chi connectivity index (χ1) is 11.6. The highest BCUT2D eigenvalue weighted by molar-refractivity contribution is 5.26. The monoisotopic (exact) mass is 329 g/mol. The maximum Gasteiger partial charge on any atom is 0.196 e. The van der Waals surface area contributed by atoms with Crippen molar-refractivity contribution in [2.24, 2.45) is 0 Å². The highest BCUT2D eigenvalue weighted by atomic mass is 19.1. The van der Waals surface area contributed by atoms with E-state index < -0.39 is 5.83 Å². The number of hydrogen-bond donors (Lipinski definition) is 0. The smallest absolute Gasteiger partial charge is 0.196 e. The van der Waals surface area contributed by atoms with Crippen molar-refractivity contribution in [1.82, 2.24) is 0 Å². The Kier molecular flexibility index (Phi) is 6.99. The first-order valence-corrected chi connectivity index (χ1v) is 9.02. The van der Waals surface area contributed by atoms with Crippen molar-refractivity contribution in [3.8, 4) is 6.07 Å². The summed E-state index contributed by atoms with van der Waals surface area (Å²) in [6.07, 6.45) is 9.23. The second-order valence-corrected chi connectivity index (χ2v) is 6.86. The molecule has 3 heteroatoms. The molecule has 24 heavy (non-hydrogen) atoms. The predicted molar refractivity (Wildman–Crippen MR) is 95.4 cm³/mol. The Morgan fingerprint density at radius 3 is 2.54 bits per heavy atom. The lowest BCUT2D eigenvalue weighted by molar-refractivity contribution is -0.0483. The number of aryl methyl sites for hydroxylation is 1. The van der Waals surface area contributed by atoms with Gasteiger partial charge < -0.3 is 4.74 Å². The largest absolute Gasteiger partial charge is 0.378 e. The van der Waals surface area contributed by atoms with Crippen molar-refractivity contribution in [1.29, 1.82) is 5.26 Å². The van der Waals surface area contributed by atoms with Crippen LogP contribution in [0.5, 0.6) is 0 Å². The summed E-state index contributed by atoms with van der Waals surface area (Å²) in [6.45, 7) is 2.21. The van der Waals surface area contributed by atoms with E-state index in [1.165, 1.54) is 29.7 Å². The fourth-order valence-electron chi connectivity index (χ4n) is 3.79. The standard InChI is InChI=1S/C21H28FNO/c1-3-5-17-7-9-18(10-8-17)19-11-14-21(24-2,15-12-19)13-4-6-20(22)16-23/h6-10,19H,3-5,11-15H2,1-2H3. The average Bonchev–Trinajstić information content (AvgIpc) is 2.63. The number of methoxy groups -OCH3 is 1. The molecule has 1 aromatic carbocycles. The molecule has 1 aromatic rings. The molecule has 0 N–H and O–H groups in total. The summed E-state index contributed by atoms with van der Waals surface area (Å²) < 4.78 is 18.7. The van der Waals surface area contributed by atoms with Crippen molar-refractivity contribution >= 4 is 0 Å². The molecule has 0 aliphatic heterocycles. The highest BCUT2D eigenvalue weighted by Crippen LogP contribution is 2.42. The quantitative estimate of drug-likeness (QED) is 0.589. The number of halogens is 1. The summed E-state index contributed by atoms with van der Waals surface area (Å²) >= 11 is 0. The van der Waals surface area contributed by atoms with Crippen LogP contribution in [0.3, 0.4) is 0 Å². The summed E-state index contributed by atoms with van der Waals surface area (Å²) in [4.78, 5) is 0. The number of benzene rings is 1. The van der Waals surface area contributed by atoms with Gasteiger partial charge in [-0.1, -0.05) is 37.6 Å². The van der Waals surface area contributed by atoms with Crippen molar-refractivity contribution in [2.45, 2.75) is 69.8 Å². The highest BCUT2D eigenvalue weighted by Gasteiger charge is 2.35. The Hall–Kier alpha value is -1.66. The molecule has 0 amide bonds. The van der Waals surface area contributed by atoms with Crippen LogP contribution in [0.2, 0.25) is 0 Å². The van der Waals surface area contributed by atoms with Gasteiger partial charge in [-0.05, 0) is 68.1 Å². The van der Waals surface area contributed by atoms with Crippen LogP contribution in [0.25, 0.3) is 0 Å². The summed E-state index contributed by atoms with van der Waals surface area (Å²) in [5.41, 5.74) is 2.68. The molecule has 0 atom stereocenters. The third kappa shape index (κ3) is 4.92. The molecule has 0 saturated heterocycles. The SMILES string of the molecule is CCCc1ccc(C2CCC(CCC=C(F)C#N)(OC)CC2)cc1. The number of allylic oxidation sites excluding steroid dienone is 2. The van der Waals surface area contributed by atoms with Gasteiger partial charge in [0.25, 0.3) is 0 Å². The Labute approximate surface area is 145 Å². The van der Waals surface area contributed by atoms with E-state index in [-0.39, 0.29) is 5.60 Å². The van der Waals surface area contributed by atoms with Crippen LogP contribution in [0.4, 0.5) is 4.39 Å². The topological polar surface area (TPSA) is 33.0 Å². The average molecular weight is 329 g/mol. The van der Waals surface area contributed by atoms with Gasteiger partial charge in [0.05, 0.1) is 5.60 Å². The van der Waals surface area contributed by atoms with Gasteiger partial charge in [0.2, 0.25) is 0 Å². The van der Waals surface area contributed by atoms with E-state index in [2.05, 4.69) is 31.2 Å². The van der Waals surface area contributed by atoms with E-state index in [1.807, 2.05) is 0 Å². The minimum atomic E-state index is -0.692. The van der Waals surface area contributed by atoms with Crippen molar-refractivity contribution in [2.75, 3.05) is 7.11 Å². The molecule has 1 aliphatic rings. The lowest BCUT2D eigenvalue weighted by Gasteiger charge is -2.39. The van der Waals surface area contributed by atoms with Crippen LogP contribution in [0.1, 0.15) is 68.9 Å². The molecule has 130 valence electrons. The van der Waals surface area contributed by atoms with Gasteiger partial charge in [-0.25, -0.2) is 0 Å². The lowest BCUT2D eigenvalue weighted by Crippen LogP contribution is -2.35. The second-order valence-electron chi connectivity index (χ2n) is 6.86. The van der Waals surface area contributed by atoms with E-state index in [4.69, 9.17) is 10.00 Å². The van der Waals surface area contributed by atoms with Crippen molar-refractivity contribution in [3.05, 3.63) is 47.3 Å². The second kappa shape index (κ2) is 8.99. The van der Waals surface area contributed by atoms with Crippen molar-refractivity contribution < 1.29 is 9.13 Å². The molecule has 1 saturated carbocycles. The summed E-state index contributed by atoms with van der Waals surface area (Å²) in [5.74, 6) is -0.0996. The molecular formula is C21H28FNO. The van der Waals surface area contributed by atoms with Crippen LogP contribution < -0.4 is 0 Å². The molecule has 0 radical (unpaired) electrons. The van der Waals surface area contributed by atoms with Gasteiger partial charge >= 0.3 is 0 Å². The van der Waals surface area contributed by atoms with Gasteiger partial charge in [-0.2, -0.15) is 9.65 Å². The van der Waals surface area contributed by atoms with Gasteiger partial charge in [0.15, 0.2) is 5.83 Å². The molecule has 0 aromatic heterocycles. The Morgan fingerprint density at radius 1 is 1.33 bits per heavy atom. The maximum atomic E-state index is 12.9. The number of nitrogens with zero attached hydrogens (tertiary/aromatic N) is 1. The zero-order chi connectivity index (χ0) is 17.4. The molecule has 1 fully saturated rings. The van der Waals surface area contributed by atoms with Crippen LogP contribution in [0.15, 0.2) is 36.2 Å². The maximum absolute atomic E-state index is 12.9. The molecule has 1 aliphatic carbocycles. The van der Waals surface area contributed by atoms with E-state index in [0.717, 1.165) is 38.5 Å². The van der Waals surface area contributed by atoms with Crippen LogP contribution in [0, 0.1) is 11.3 Å². The Balaban J connectivity index is 1.92. The number of rotatable bonds is 7. The summed E-state index contributed by atoms with van der Waals surface area (Å²) in [6, 6.07) is 10.6. The zero-order valence-corrected chi connectivity index (χ0v) is 14.9. The van der Waals surface area contributed by atoms with Gasteiger partial charge in [0, 0.05) is 7.11 Å². The first kappa shape index (κ1) is 18.7. The van der Waals surface area contributed by atoms with E-state index in [0.29, 0.717) is 12.3 Å². The summed E-state index contributed by atoms with van der Waals surface area (Å²) in [5, 5.41) is 8.48. The molecule has 0 unspecified atom stereocenters. The van der Waals surface area contributed by atoms with Gasteiger partial charge in [0.1, 0.15) is 6.07 Å². The molecule has 0 bridgehead atoms. The van der Waals surface area contributed by atoms with E-state index in [1.54, 1.807) is 7.11 Å². The Morgan fingerprint density at radius 2 is 2.00 bits per heavy atom. The third-order valence-electron chi connectivity index (χ3n) is 5.35. The third-order valence-corrected chi connectivity index (χ3v) is 5.35. The molecular weight excluding hydrogens is 301 g/mol. The minimum absolute atomic E-state index is 0.162. The van der Waals surface area contributed by atoms with Crippen LogP contribution >= 0.6 is 0 Å². The Bertz CT molecular complexity index is 577. The number of hydrogen-bond acceptors (Lipinski definition) is 2. The predicted octanol–water partition coefficient (Wildman–Crippen LogP) is 5.84. The minimum Gasteiger partial charge on any atom is -0.378 e. The molecule has 2 nitrogen and oxygen atoms in total. The van der Waals surface area contributed by atoms with E-state index in [9.17, 15) is 4.39 Å². The van der Waals surface area contributed by atoms with E-state index >= 15 is 0 Å². The molecule has 0 spiro atoms. The van der Waals surface area contributed by atoms with Gasteiger partial charge in [-0.3, -0.25) is 0 Å². The van der Waals surface area contributed by atoms with Crippen LogP contribution in [-0.2, 0) is 11.2 Å². The fraction of sp³-hybridized carbons (Fsp3) is 0.571. The number of nitriles is 1. The van der Waals surface area contributed by atoms with Crippen molar-refractivity contribution in [3.63, 3.8) is 0 Å². The normalized spacial score (nSPS) is 24.6. The zero-order valence-electron chi connectivity index (χ0n) is 14.9. The molecule has 2 rings (SSSR count). The number of ether oxygens (including phenoxy) is 1. The first-order valence-electron chi connectivity index (χ1n) is 9.02. The summed E-state index contributed by atoms with van der Waals surface area (Å²) in [7, 11) is 1.75. The van der Waals surface area contributed by atoms with Gasteiger partial charge in [-0.15, -0.1) is 0 Å². The fourth-order valence-corrected chi connectivity index (χ4v) is 3.79.